The predicted octanol–water partition coefficient (Wildman–Crippen LogP) is 3.03. The van der Waals surface area contributed by atoms with Crippen molar-refractivity contribution in [2.45, 2.75) is 19.4 Å². The van der Waals surface area contributed by atoms with Gasteiger partial charge >= 0.3 is 0 Å². The lowest BCUT2D eigenvalue weighted by atomic mass is 10.1. The lowest BCUT2D eigenvalue weighted by Crippen LogP contribution is -2.17. The summed E-state index contributed by atoms with van der Waals surface area (Å²) in [5, 5.41) is 0.0638. The molecule has 1 heterocycles. The Morgan fingerprint density at radius 2 is 2.20 bits per heavy atom. The predicted molar refractivity (Wildman–Crippen MR) is 58.0 cm³/mol. The highest BCUT2D eigenvalue weighted by atomic mass is 35.5. The van der Waals surface area contributed by atoms with E-state index in [1.165, 1.54) is 6.07 Å². The van der Waals surface area contributed by atoms with E-state index >= 15 is 0 Å². The normalized spacial score (nSPS) is 18.5. The molecule has 0 amide bonds. The monoisotopic (exact) mass is 227 g/mol. The molecular formula is C11H11ClFNO. The van der Waals surface area contributed by atoms with Gasteiger partial charge in [0.25, 0.3) is 0 Å². The van der Waals surface area contributed by atoms with Gasteiger partial charge in [0.05, 0.1) is 16.1 Å². The van der Waals surface area contributed by atoms with Gasteiger partial charge in [0.2, 0.25) is 5.90 Å². The molecule has 0 radical (unpaired) electrons. The summed E-state index contributed by atoms with van der Waals surface area (Å²) in [6.45, 7) is 4.40. The van der Waals surface area contributed by atoms with Gasteiger partial charge in [-0.1, -0.05) is 17.7 Å². The van der Waals surface area contributed by atoms with E-state index in [-0.39, 0.29) is 10.6 Å². The van der Waals surface area contributed by atoms with Crippen LogP contribution in [0, 0.1) is 5.82 Å². The Balaban J connectivity index is 2.44. The van der Waals surface area contributed by atoms with Crippen molar-refractivity contribution in [3.63, 3.8) is 0 Å². The van der Waals surface area contributed by atoms with Gasteiger partial charge in [0.15, 0.2) is 0 Å². The summed E-state index contributed by atoms with van der Waals surface area (Å²) in [6.07, 6.45) is 0. The molecule has 0 aliphatic carbocycles. The summed E-state index contributed by atoms with van der Waals surface area (Å²) >= 11 is 5.83. The first-order chi connectivity index (χ1) is 6.99. The molecule has 2 rings (SSSR count). The SMILES string of the molecule is CC1(C)COC(c2cccc(F)c2Cl)=N1. The van der Waals surface area contributed by atoms with E-state index in [0.717, 1.165) is 0 Å². The molecule has 0 aromatic heterocycles. The highest BCUT2D eigenvalue weighted by molar-refractivity contribution is 6.34. The quantitative estimate of drug-likeness (QED) is 0.723. The molecule has 0 atom stereocenters. The Kier molecular flexibility index (Phi) is 2.43. The zero-order chi connectivity index (χ0) is 11.1. The minimum absolute atomic E-state index is 0.0638. The van der Waals surface area contributed by atoms with E-state index in [4.69, 9.17) is 16.3 Å². The Bertz CT molecular complexity index is 429. The summed E-state index contributed by atoms with van der Waals surface area (Å²) in [7, 11) is 0. The molecule has 0 saturated heterocycles. The van der Waals surface area contributed by atoms with Gasteiger partial charge in [-0.25, -0.2) is 9.38 Å². The Morgan fingerprint density at radius 3 is 2.80 bits per heavy atom. The zero-order valence-electron chi connectivity index (χ0n) is 8.55. The second-order valence-corrected chi connectivity index (χ2v) is 4.50. The second kappa shape index (κ2) is 3.49. The third-order valence-electron chi connectivity index (χ3n) is 2.15. The van der Waals surface area contributed by atoms with Crippen LogP contribution in [0.4, 0.5) is 4.39 Å². The summed E-state index contributed by atoms with van der Waals surface area (Å²) in [4.78, 5) is 4.34. The number of benzene rings is 1. The van der Waals surface area contributed by atoms with Gasteiger partial charge in [-0.15, -0.1) is 0 Å². The van der Waals surface area contributed by atoms with Crippen LogP contribution in [-0.2, 0) is 4.74 Å². The minimum Gasteiger partial charge on any atom is -0.475 e. The van der Waals surface area contributed by atoms with Crippen molar-refractivity contribution in [3.05, 3.63) is 34.6 Å². The molecule has 0 spiro atoms. The van der Waals surface area contributed by atoms with Crippen LogP contribution >= 0.6 is 11.6 Å². The van der Waals surface area contributed by atoms with Crippen molar-refractivity contribution in [1.82, 2.24) is 0 Å². The first-order valence-electron chi connectivity index (χ1n) is 4.67. The van der Waals surface area contributed by atoms with Gasteiger partial charge in [0, 0.05) is 0 Å². The molecule has 2 nitrogen and oxygen atoms in total. The largest absolute Gasteiger partial charge is 0.475 e. The van der Waals surface area contributed by atoms with Gasteiger partial charge in [-0.3, -0.25) is 0 Å². The molecule has 15 heavy (non-hydrogen) atoms. The van der Waals surface area contributed by atoms with Crippen LogP contribution in [0.2, 0.25) is 5.02 Å². The topological polar surface area (TPSA) is 21.6 Å². The van der Waals surface area contributed by atoms with E-state index in [0.29, 0.717) is 18.1 Å². The van der Waals surface area contributed by atoms with Crippen LogP contribution in [0.5, 0.6) is 0 Å². The molecule has 1 aliphatic heterocycles. The summed E-state index contributed by atoms with van der Waals surface area (Å²) < 4.78 is 18.6. The molecular weight excluding hydrogens is 217 g/mol. The molecule has 1 aromatic rings. The summed E-state index contributed by atoms with van der Waals surface area (Å²) in [5.41, 5.74) is 0.257. The average molecular weight is 228 g/mol. The number of ether oxygens (including phenoxy) is 1. The van der Waals surface area contributed by atoms with Gasteiger partial charge in [-0.05, 0) is 26.0 Å². The van der Waals surface area contributed by atoms with Crippen molar-refractivity contribution in [2.24, 2.45) is 4.99 Å². The second-order valence-electron chi connectivity index (χ2n) is 4.12. The van der Waals surface area contributed by atoms with Crippen molar-refractivity contribution >= 4 is 17.5 Å². The average Bonchev–Trinajstić information content (AvgIpc) is 2.51. The highest BCUT2D eigenvalue weighted by Crippen LogP contribution is 2.26. The Hall–Kier alpha value is -1.09. The third-order valence-corrected chi connectivity index (χ3v) is 2.53. The molecule has 1 aromatic carbocycles. The molecule has 0 saturated carbocycles. The molecule has 0 fully saturated rings. The number of halogens is 2. The van der Waals surface area contributed by atoms with Crippen molar-refractivity contribution in [2.75, 3.05) is 6.61 Å². The van der Waals surface area contributed by atoms with Gasteiger partial charge < -0.3 is 4.74 Å². The molecule has 0 unspecified atom stereocenters. The Morgan fingerprint density at radius 1 is 1.47 bits per heavy atom. The summed E-state index contributed by atoms with van der Waals surface area (Å²) in [6, 6.07) is 4.60. The lowest BCUT2D eigenvalue weighted by Gasteiger charge is -2.07. The molecule has 0 N–H and O–H groups in total. The summed E-state index contributed by atoms with van der Waals surface area (Å²) in [5.74, 6) is -0.0327. The van der Waals surface area contributed by atoms with Crippen molar-refractivity contribution in [1.29, 1.82) is 0 Å². The van der Waals surface area contributed by atoms with Crippen LogP contribution in [0.25, 0.3) is 0 Å². The van der Waals surface area contributed by atoms with E-state index in [1.54, 1.807) is 12.1 Å². The Labute approximate surface area is 92.7 Å². The minimum atomic E-state index is -0.454. The number of rotatable bonds is 1. The maximum Gasteiger partial charge on any atom is 0.218 e. The van der Waals surface area contributed by atoms with E-state index in [9.17, 15) is 4.39 Å². The van der Waals surface area contributed by atoms with Crippen molar-refractivity contribution in [3.8, 4) is 0 Å². The van der Waals surface area contributed by atoms with Gasteiger partial charge in [0.1, 0.15) is 12.4 Å². The molecule has 0 bridgehead atoms. The van der Waals surface area contributed by atoms with E-state index in [1.807, 2.05) is 13.8 Å². The first-order valence-corrected chi connectivity index (χ1v) is 5.04. The number of nitrogens with zero attached hydrogens (tertiary/aromatic N) is 1. The third kappa shape index (κ3) is 1.97. The fourth-order valence-corrected chi connectivity index (χ4v) is 1.60. The fourth-order valence-electron chi connectivity index (χ4n) is 1.39. The van der Waals surface area contributed by atoms with E-state index < -0.39 is 5.82 Å². The van der Waals surface area contributed by atoms with Crippen LogP contribution in [-0.4, -0.2) is 18.0 Å². The number of hydrogen-bond acceptors (Lipinski definition) is 2. The fraction of sp³-hybridized carbons (Fsp3) is 0.364. The standard InChI is InChI=1S/C11H11ClFNO/c1-11(2)6-15-10(14-11)7-4-3-5-8(13)9(7)12/h3-5H,6H2,1-2H3. The maximum absolute atomic E-state index is 13.2. The maximum atomic E-state index is 13.2. The lowest BCUT2D eigenvalue weighted by molar-refractivity contribution is 0.279. The highest BCUT2D eigenvalue weighted by Gasteiger charge is 2.28. The van der Waals surface area contributed by atoms with Gasteiger partial charge in [-0.2, -0.15) is 0 Å². The molecule has 80 valence electrons. The molecule has 4 heteroatoms. The van der Waals surface area contributed by atoms with Crippen LogP contribution < -0.4 is 0 Å². The first kappa shape index (κ1) is 10.4. The zero-order valence-corrected chi connectivity index (χ0v) is 9.31. The van der Waals surface area contributed by atoms with E-state index in [2.05, 4.69) is 4.99 Å². The number of aliphatic imine (C=N–C) groups is 1. The molecule has 1 aliphatic rings. The smallest absolute Gasteiger partial charge is 0.218 e. The van der Waals surface area contributed by atoms with Crippen molar-refractivity contribution < 1.29 is 9.13 Å². The van der Waals surface area contributed by atoms with Crippen LogP contribution in [0.1, 0.15) is 19.4 Å². The van der Waals surface area contributed by atoms with Crippen LogP contribution in [0.15, 0.2) is 23.2 Å². The number of hydrogen-bond donors (Lipinski definition) is 0. The van der Waals surface area contributed by atoms with Crippen LogP contribution in [0.3, 0.4) is 0 Å².